The molecule has 9 heteroatoms. The number of alkyl halides is 2. The largest absolute Gasteiger partial charge is 0.457 e. The minimum atomic E-state index is -3.31. The summed E-state index contributed by atoms with van der Waals surface area (Å²) in [6, 6.07) is 3.35. The second-order valence-corrected chi connectivity index (χ2v) is 6.29. The van der Waals surface area contributed by atoms with Crippen molar-refractivity contribution < 1.29 is 17.9 Å². The third-order valence-electron chi connectivity index (χ3n) is 4.00. The molecule has 1 fully saturated rings. The van der Waals surface area contributed by atoms with Gasteiger partial charge in [-0.25, -0.2) is 23.1 Å². The Balaban J connectivity index is 1.62. The Hall–Kier alpha value is -2.97. The average Bonchev–Trinajstić information content (AvgIpc) is 3.48. The van der Waals surface area contributed by atoms with Gasteiger partial charge in [0.25, 0.3) is 5.92 Å². The maximum atomic E-state index is 13.5. The van der Waals surface area contributed by atoms with Crippen LogP contribution >= 0.6 is 0 Å². The first-order chi connectivity index (χ1) is 12.9. The SMILES string of the molecule is CC(F)(F)c1cc(N=CC(COc2ncc(C3CC3)cn2)=NN)ccc1F. The fourth-order valence-corrected chi connectivity index (χ4v) is 2.35. The van der Waals surface area contributed by atoms with Crippen LogP contribution in [0.5, 0.6) is 6.01 Å². The van der Waals surface area contributed by atoms with Crippen molar-refractivity contribution in [2.45, 2.75) is 31.6 Å². The van der Waals surface area contributed by atoms with E-state index in [-0.39, 0.29) is 24.0 Å². The highest BCUT2D eigenvalue weighted by Gasteiger charge is 2.28. The Labute approximate surface area is 154 Å². The van der Waals surface area contributed by atoms with Crippen LogP contribution in [-0.4, -0.2) is 28.5 Å². The Morgan fingerprint density at radius 1 is 1.33 bits per heavy atom. The zero-order chi connectivity index (χ0) is 19.4. The third-order valence-corrected chi connectivity index (χ3v) is 4.00. The van der Waals surface area contributed by atoms with E-state index in [1.165, 1.54) is 12.3 Å². The quantitative estimate of drug-likeness (QED) is 0.453. The first kappa shape index (κ1) is 18.8. The molecule has 1 aliphatic rings. The Morgan fingerprint density at radius 3 is 2.63 bits per heavy atom. The van der Waals surface area contributed by atoms with Crippen molar-refractivity contribution in [2.75, 3.05) is 6.61 Å². The molecule has 0 radical (unpaired) electrons. The van der Waals surface area contributed by atoms with Crippen molar-refractivity contribution in [2.24, 2.45) is 15.9 Å². The minimum absolute atomic E-state index is 0.0548. The molecule has 142 valence electrons. The van der Waals surface area contributed by atoms with Crippen molar-refractivity contribution in [1.29, 1.82) is 0 Å². The highest BCUT2D eigenvalue weighted by atomic mass is 19.3. The number of benzene rings is 1. The molecule has 0 saturated heterocycles. The van der Waals surface area contributed by atoms with E-state index in [1.54, 1.807) is 12.4 Å². The van der Waals surface area contributed by atoms with Crippen LogP contribution in [0.25, 0.3) is 0 Å². The fraction of sp³-hybridized carbons (Fsp3) is 0.333. The van der Waals surface area contributed by atoms with Crippen LogP contribution < -0.4 is 10.6 Å². The molecule has 0 spiro atoms. The molecule has 0 amide bonds. The number of hydrogen-bond acceptors (Lipinski definition) is 6. The molecule has 0 bridgehead atoms. The lowest BCUT2D eigenvalue weighted by Gasteiger charge is -2.11. The Morgan fingerprint density at radius 2 is 2.04 bits per heavy atom. The van der Waals surface area contributed by atoms with Gasteiger partial charge in [-0.05, 0) is 42.5 Å². The number of halogens is 3. The summed E-state index contributed by atoms with van der Waals surface area (Å²) in [6.45, 7) is 0.564. The van der Waals surface area contributed by atoms with Crippen molar-refractivity contribution in [1.82, 2.24) is 9.97 Å². The van der Waals surface area contributed by atoms with Gasteiger partial charge >= 0.3 is 6.01 Å². The third kappa shape index (κ3) is 5.02. The van der Waals surface area contributed by atoms with E-state index in [0.717, 1.165) is 30.5 Å². The zero-order valence-electron chi connectivity index (χ0n) is 14.6. The molecule has 1 heterocycles. The molecule has 3 rings (SSSR count). The van der Waals surface area contributed by atoms with Gasteiger partial charge in [0.1, 0.15) is 18.1 Å². The van der Waals surface area contributed by atoms with E-state index < -0.39 is 17.3 Å². The number of rotatable bonds is 7. The van der Waals surface area contributed by atoms with Gasteiger partial charge in [0.2, 0.25) is 0 Å². The van der Waals surface area contributed by atoms with Gasteiger partial charge < -0.3 is 10.6 Å². The van der Waals surface area contributed by atoms with E-state index >= 15 is 0 Å². The van der Waals surface area contributed by atoms with Crippen LogP contribution in [0.4, 0.5) is 18.9 Å². The Bertz CT molecular complexity index is 858. The van der Waals surface area contributed by atoms with Gasteiger partial charge in [0.05, 0.1) is 17.5 Å². The number of ether oxygens (including phenoxy) is 1. The lowest BCUT2D eigenvalue weighted by atomic mass is 10.1. The smallest absolute Gasteiger partial charge is 0.316 e. The monoisotopic (exact) mass is 377 g/mol. The predicted octanol–water partition coefficient (Wildman–Crippen LogP) is 3.70. The molecule has 2 N–H and O–H groups in total. The summed E-state index contributed by atoms with van der Waals surface area (Å²) < 4.78 is 45.7. The maximum Gasteiger partial charge on any atom is 0.316 e. The fourth-order valence-electron chi connectivity index (χ4n) is 2.35. The predicted molar refractivity (Wildman–Crippen MR) is 95.2 cm³/mol. The summed E-state index contributed by atoms with van der Waals surface area (Å²) in [5.74, 6) is 1.53. The molecule has 0 aliphatic heterocycles. The van der Waals surface area contributed by atoms with Crippen molar-refractivity contribution in [3.63, 3.8) is 0 Å². The van der Waals surface area contributed by atoms with Crippen LogP contribution in [0, 0.1) is 5.82 Å². The van der Waals surface area contributed by atoms with Gasteiger partial charge in [-0.15, -0.1) is 0 Å². The highest BCUT2D eigenvalue weighted by molar-refractivity contribution is 6.31. The van der Waals surface area contributed by atoms with Gasteiger partial charge in [-0.3, -0.25) is 4.99 Å². The normalized spacial score (nSPS) is 15.3. The van der Waals surface area contributed by atoms with Crippen LogP contribution in [-0.2, 0) is 5.92 Å². The molecule has 27 heavy (non-hydrogen) atoms. The molecule has 2 aromatic rings. The summed E-state index contributed by atoms with van der Waals surface area (Å²) >= 11 is 0. The van der Waals surface area contributed by atoms with Gasteiger partial charge in [0.15, 0.2) is 0 Å². The second kappa shape index (κ2) is 7.73. The number of nitrogens with two attached hydrogens (primary N) is 1. The number of aromatic nitrogens is 2. The van der Waals surface area contributed by atoms with E-state index in [9.17, 15) is 13.2 Å². The second-order valence-electron chi connectivity index (χ2n) is 6.29. The van der Waals surface area contributed by atoms with Gasteiger partial charge in [-0.2, -0.15) is 5.10 Å². The number of nitrogens with zero attached hydrogens (tertiary/aromatic N) is 4. The number of aliphatic imine (C=N–C) groups is 1. The lowest BCUT2D eigenvalue weighted by Crippen LogP contribution is -2.16. The first-order valence-corrected chi connectivity index (χ1v) is 8.30. The van der Waals surface area contributed by atoms with Crippen molar-refractivity contribution in [3.05, 3.63) is 47.5 Å². The van der Waals surface area contributed by atoms with Crippen molar-refractivity contribution in [3.8, 4) is 6.01 Å². The van der Waals surface area contributed by atoms with Gasteiger partial charge in [0, 0.05) is 19.3 Å². The molecular weight excluding hydrogens is 359 g/mol. The summed E-state index contributed by atoms with van der Waals surface area (Å²) in [7, 11) is 0. The van der Waals surface area contributed by atoms with Crippen LogP contribution in [0.15, 0.2) is 40.7 Å². The summed E-state index contributed by atoms with van der Waals surface area (Å²) in [4.78, 5) is 12.2. The highest BCUT2D eigenvalue weighted by Crippen LogP contribution is 2.39. The number of hydrazone groups is 1. The van der Waals surface area contributed by atoms with Gasteiger partial charge in [-0.1, -0.05) is 0 Å². The lowest BCUT2D eigenvalue weighted by molar-refractivity contribution is 0.0138. The van der Waals surface area contributed by atoms with Crippen LogP contribution in [0.2, 0.25) is 0 Å². The summed E-state index contributed by atoms with van der Waals surface area (Å²) in [5.41, 5.74) is 0.721. The maximum absolute atomic E-state index is 13.5. The van der Waals surface area contributed by atoms with Crippen LogP contribution in [0.3, 0.4) is 0 Å². The molecular formula is C18H18F3N5O. The van der Waals surface area contributed by atoms with Crippen LogP contribution in [0.1, 0.15) is 36.8 Å². The van der Waals surface area contributed by atoms with E-state index in [0.29, 0.717) is 12.8 Å². The van der Waals surface area contributed by atoms with Crippen molar-refractivity contribution >= 4 is 17.6 Å². The molecule has 6 nitrogen and oxygen atoms in total. The topological polar surface area (TPSA) is 85.8 Å². The molecule has 1 saturated carbocycles. The molecule has 1 aromatic heterocycles. The molecule has 0 atom stereocenters. The Kier molecular flexibility index (Phi) is 5.38. The molecule has 1 aromatic carbocycles. The molecule has 0 unspecified atom stereocenters. The van der Waals surface area contributed by atoms with E-state index in [1.807, 2.05) is 0 Å². The minimum Gasteiger partial charge on any atom is -0.457 e. The number of hydrogen-bond donors (Lipinski definition) is 1. The summed E-state index contributed by atoms with van der Waals surface area (Å²) in [5, 5.41) is 3.53. The molecule has 1 aliphatic carbocycles. The van der Waals surface area contributed by atoms with E-state index in [2.05, 4.69) is 20.1 Å². The average molecular weight is 377 g/mol. The first-order valence-electron chi connectivity index (χ1n) is 8.30. The summed E-state index contributed by atoms with van der Waals surface area (Å²) in [6.07, 6.45) is 7.00. The standard InChI is InChI=1S/C18H18F3N5O/c1-18(20,21)15-6-13(4-5-16(15)19)23-9-14(26-22)10-27-17-24-7-12(8-25-17)11-2-3-11/h4-9,11H,2-3,10,22H2,1H3. The zero-order valence-corrected chi connectivity index (χ0v) is 14.6. The van der Waals surface area contributed by atoms with E-state index in [4.69, 9.17) is 10.6 Å².